The van der Waals surface area contributed by atoms with Crippen molar-refractivity contribution < 1.29 is 4.79 Å². The van der Waals surface area contributed by atoms with E-state index in [1.165, 1.54) is 37.7 Å². The maximum absolute atomic E-state index is 12.9. The van der Waals surface area contributed by atoms with E-state index in [1.807, 2.05) is 0 Å². The van der Waals surface area contributed by atoms with Gasteiger partial charge in [0.2, 0.25) is 5.91 Å². The van der Waals surface area contributed by atoms with Gasteiger partial charge in [0, 0.05) is 31.1 Å². The molecule has 3 fully saturated rings. The quantitative estimate of drug-likeness (QED) is 0.902. The van der Waals surface area contributed by atoms with E-state index in [2.05, 4.69) is 40.5 Å². The molecule has 3 atom stereocenters. The zero-order valence-electron chi connectivity index (χ0n) is 14.3. The SMILES string of the molecule is Cl.O=C(CC1CC2CCC(C1)N2)N1CCCC1Cc1ccccc1. The van der Waals surface area contributed by atoms with E-state index in [9.17, 15) is 4.79 Å². The summed E-state index contributed by atoms with van der Waals surface area (Å²) in [5.74, 6) is 1.02. The fraction of sp³-hybridized carbons (Fsp3) is 0.650. The second kappa shape index (κ2) is 7.88. The Balaban J connectivity index is 0.00000169. The first-order valence-electron chi connectivity index (χ1n) is 9.37. The van der Waals surface area contributed by atoms with E-state index in [4.69, 9.17) is 0 Å². The number of fused-ring (bicyclic) bond motifs is 2. The highest BCUT2D eigenvalue weighted by atomic mass is 35.5. The van der Waals surface area contributed by atoms with Crippen LogP contribution in [0.25, 0.3) is 0 Å². The van der Waals surface area contributed by atoms with Gasteiger partial charge in [0.25, 0.3) is 0 Å². The number of nitrogens with zero attached hydrogens (tertiary/aromatic N) is 1. The smallest absolute Gasteiger partial charge is 0.223 e. The zero-order valence-corrected chi connectivity index (χ0v) is 15.1. The first-order chi connectivity index (χ1) is 11.3. The zero-order chi connectivity index (χ0) is 15.6. The second-order valence-electron chi connectivity index (χ2n) is 7.75. The molecule has 3 aliphatic heterocycles. The lowest BCUT2D eigenvalue weighted by Gasteiger charge is -2.31. The number of nitrogens with one attached hydrogen (secondary N) is 1. The number of benzene rings is 1. The lowest BCUT2D eigenvalue weighted by molar-refractivity contribution is -0.133. The molecule has 0 saturated carbocycles. The summed E-state index contributed by atoms with van der Waals surface area (Å²) >= 11 is 0. The molecule has 0 radical (unpaired) electrons. The maximum Gasteiger partial charge on any atom is 0.223 e. The number of rotatable bonds is 4. The van der Waals surface area contributed by atoms with E-state index in [0.717, 1.165) is 25.8 Å². The predicted molar refractivity (Wildman–Crippen MR) is 99.4 cm³/mol. The van der Waals surface area contributed by atoms with Crippen LogP contribution in [0.2, 0.25) is 0 Å². The average molecular weight is 349 g/mol. The van der Waals surface area contributed by atoms with Crippen LogP contribution in [-0.4, -0.2) is 35.5 Å². The Labute approximate surface area is 151 Å². The number of hydrogen-bond donors (Lipinski definition) is 1. The van der Waals surface area contributed by atoms with E-state index in [-0.39, 0.29) is 12.4 Å². The summed E-state index contributed by atoms with van der Waals surface area (Å²) in [5, 5.41) is 3.68. The van der Waals surface area contributed by atoms with Crippen LogP contribution in [0.15, 0.2) is 30.3 Å². The molecule has 1 aromatic carbocycles. The Morgan fingerprint density at radius 1 is 1.08 bits per heavy atom. The van der Waals surface area contributed by atoms with Gasteiger partial charge in [-0.25, -0.2) is 0 Å². The molecule has 3 aliphatic rings. The third-order valence-electron chi connectivity index (χ3n) is 6.05. The summed E-state index contributed by atoms with van der Waals surface area (Å²) in [6.07, 6.45) is 9.17. The number of halogens is 1. The molecule has 0 spiro atoms. The Morgan fingerprint density at radius 3 is 2.50 bits per heavy atom. The Kier molecular flexibility index (Phi) is 5.83. The highest BCUT2D eigenvalue weighted by Gasteiger charge is 2.36. The highest BCUT2D eigenvalue weighted by molar-refractivity contribution is 5.85. The fourth-order valence-corrected chi connectivity index (χ4v) is 4.97. The third-order valence-corrected chi connectivity index (χ3v) is 6.05. The number of carbonyl (C=O) groups is 1. The van der Waals surface area contributed by atoms with Crippen molar-refractivity contribution in [3.63, 3.8) is 0 Å². The van der Waals surface area contributed by atoms with Crippen LogP contribution < -0.4 is 5.32 Å². The van der Waals surface area contributed by atoms with Crippen molar-refractivity contribution in [2.24, 2.45) is 5.92 Å². The topological polar surface area (TPSA) is 32.3 Å². The summed E-state index contributed by atoms with van der Waals surface area (Å²) in [6.45, 7) is 0.966. The van der Waals surface area contributed by atoms with E-state index in [1.54, 1.807) is 0 Å². The van der Waals surface area contributed by atoms with Crippen molar-refractivity contribution in [2.75, 3.05) is 6.54 Å². The normalized spacial score (nSPS) is 31.8. The molecule has 2 bridgehead atoms. The summed E-state index contributed by atoms with van der Waals surface area (Å²) in [6, 6.07) is 12.4. The van der Waals surface area contributed by atoms with Crippen molar-refractivity contribution in [1.29, 1.82) is 0 Å². The van der Waals surface area contributed by atoms with Gasteiger partial charge >= 0.3 is 0 Å². The van der Waals surface area contributed by atoms with E-state index in [0.29, 0.717) is 30.0 Å². The minimum atomic E-state index is 0. The van der Waals surface area contributed by atoms with Gasteiger partial charge in [-0.1, -0.05) is 30.3 Å². The Morgan fingerprint density at radius 2 is 1.79 bits per heavy atom. The average Bonchev–Trinajstić information content (AvgIpc) is 3.15. The summed E-state index contributed by atoms with van der Waals surface area (Å²) in [4.78, 5) is 15.0. The lowest BCUT2D eigenvalue weighted by Crippen LogP contribution is -2.42. The van der Waals surface area contributed by atoms with Gasteiger partial charge in [0.15, 0.2) is 0 Å². The van der Waals surface area contributed by atoms with Crippen molar-refractivity contribution in [3.05, 3.63) is 35.9 Å². The molecule has 0 aliphatic carbocycles. The molecular weight excluding hydrogens is 320 g/mol. The first-order valence-corrected chi connectivity index (χ1v) is 9.37. The van der Waals surface area contributed by atoms with Crippen molar-refractivity contribution in [1.82, 2.24) is 10.2 Å². The summed E-state index contributed by atoms with van der Waals surface area (Å²) < 4.78 is 0. The van der Waals surface area contributed by atoms with Gasteiger partial charge < -0.3 is 10.2 Å². The molecule has 3 unspecified atom stereocenters. The molecule has 1 N–H and O–H groups in total. The molecule has 132 valence electrons. The minimum absolute atomic E-state index is 0. The monoisotopic (exact) mass is 348 g/mol. The van der Waals surface area contributed by atoms with Crippen LogP contribution in [0.1, 0.15) is 50.5 Å². The van der Waals surface area contributed by atoms with Crippen LogP contribution in [0, 0.1) is 5.92 Å². The van der Waals surface area contributed by atoms with Crippen LogP contribution in [0.3, 0.4) is 0 Å². The Bertz CT molecular complexity index is 538. The number of piperidine rings is 1. The second-order valence-corrected chi connectivity index (χ2v) is 7.75. The largest absolute Gasteiger partial charge is 0.339 e. The number of hydrogen-bond acceptors (Lipinski definition) is 2. The molecule has 1 amide bonds. The lowest BCUT2D eigenvalue weighted by atomic mass is 9.89. The fourth-order valence-electron chi connectivity index (χ4n) is 4.97. The van der Waals surface area contributed by atoms with Crippen molar-refractivity contribution in [3.8, 4) is 0 Å². The predicted octanol–water partition coefficient (Wildman–Crippen LogP) is 3.56. The molecule has 3 saturated heterocycles. The van der Waals surface area contributed by atoms with Gasteiger partial charge in [-0.05, 0) is 56.4 Å². The Hall–Kier alpha value is -1.06. The third kappa shape index (κ3) is 3.94. The molecular formula is C20H29ClN2O. The molecule has 3 heterocycles. The summed E-state index contributed by atoms with van der Waals surface area (Å²) in [5.41, 5.74) is 1.36. The summed E-state index contributed by atoms with van der Waals surface area (Å²) in [7, 11) is 0. The van der Waals surface area contributed by atoms with Crippen LogP contribution >= 0.6 is 12.4 Å². The molecule has 4 rings (SSSR count). The highest BCUT2D eigenvalue weighted by Crippen LogP contribution is 2.34. The van der Waals surface area contributed by atoms with Gasteiger partial charge in [-0.3, -0.25) is 4.79 Å². The van der Waals surface area contributed by atoms with Gasteiger partial charge in [0.05, 0.1) is 0 Å². The number of amides is 1. The number of carbonyl (C=O) groups excluding carboxylic acids is 1. The number of likely N-dealkylation sites (tertiary alicyclic amines) is 1. The van der Waals surface area contributed by atoms with Crippen LogP contribution in [0.4, 0.5) is 0 Å². The van der Waals surface area contributed by atoms with Crippen molar-refractivity contribution >= 4 is 18.3 Å². The molecule has 3 nitrogen and oxygen atoms in total. The van der Waals surface area contributed by atoms with Crippen molar-refractivity contribution in [2.45, 2.75) is 69.5 Å². The maximum atomic E-state index is 12.9. The van der Waals surface area contributed by atoms with Gasteiger partial charge in [-0.15, -0.1) is 12.4 Å². The molecule has 0 aromatic heterocycles. The van der Waals surface area contributed by atoms with E-state index >= 15 is 0 Å². The molecule has 24 heavy (non-hydrogen) atoms. The minimum Gasteiger partial charge on any atom is -0.339 e. The van der Waals surface area contributed by atoms with Crippen LogP contribution in [0.5, 0.6) is 0 Å². The van der Waals surface area contributed by atoms with E-state index < -0.39 is 0 Å². The molecule has 1 aromatic rings. The van der Waals surface area contributed by atoms with Crippen LogP contribution in [-0.2, 0) is 11.2 Å². The standard InChI is InChI=1S/C20H28N2O.ClH/c23-20(14-16-11-17-8-9-18(12-16)21-17)22-10-4-7-19(22)13-15-5-2-1-3-6-15;/h1-3,5-6,16-19,21H,4,7-14H2;1H. The molecule has 4 heteroatoms. The van der Waals surface area contributed by atoms with Gasteiger partial charge in [-0.2, -0.15) is 0 Å². The first kappa shape index (κ1) is 17.8. The van der Waals surface area contributed by atoms with Gasteiger partial charge in [0.1, 0.15) is 0 Å².